The van der Waals surface area contributed by atoms with Crippen molar-refractivity contribution in [3.63, 3.8) is 0 Å². The molecule has 1 aromatic heterocycles. The maximum atomic E-state index is 14.7. The molecule has 3 aromatic rings. The number of nitrogens with one attached hydrogen (secondary N) is 4. The quantitative estimate of drug-likeness (QED) is 0.270. The van der Waals surface area contributed by atoms with E-state index >= 15 is 0 Å². The van der Waals surface area contributed by atoms with Crippen molar-refractivity contribution < 1.29 is 17.6 Å². The Morgan fingerprint density at radius 3 is 2.58 bits per heavy atom. The lowest BCUT2D eigenvalue weighted by Crippen LogP contribution is -2.48. The van der Waals surface area contributed by atoms with E-state index in [1.165, 1.54) is 11.0 Å². The zero-order valence-electron chi connectivity index (χ0n) is 23.9. The largest absolute Gasteiger partial charge is 0.387 e. The Hall–Kier alpha value is -3.32. The van der Waals surface area contributed by atoms with Gasteiger partial charge in [-0.2, -0.15) is 0 Å². The van der Waals surface area contributed by atoms with E-state index in [-0.39, 0.29) is 22.8 Å². The molecule has 5 rings (SSSR count). The van der Waals surface area contributed by atoms with Crippen molar-refractivity contribution >= 4 is 50.5 Å². The van der Waals surface area contributed by atoms with Crippen LogP contribution in [0.3, 0.4) is 0 Å². The third-order valence-electron chi connectivity index (χ3n) is 7.96. The highest BCUT2D eigenvalue weighted by atomic mass is 35.5. The number of benzene rings is 2. The van der Waals surface area contributed by atoms with Gasteiger partial charge in [0.2, 0.25) is 10.0 Å². The number of carbonyl (C=O) groups is 1. The van der Waals surface area contributed by atoms with E-state index < -0.39 is 33.3 Å². The van der Waals surface area contributed by atoms with Crippen LogP contribution in [0.25, 0.3) is 5.70 Å². The number of amides is 1. The minimum absolute atomic E-state index is 0.0466. The van der Waals surface area contributed by atoms with Gasteiger partial charge in [0, 0.05) is 36.1 Å². The van der Waals surface area contributed by atoms with Crippen LogP contribution in [0.2, 0.25) is 10.0 Å². The molecule has 4 N–H and O–H groups in total. The molecule has 228 valence electrons. The van der Waals surface area contributed by atoms with Crippen molar-refractivity contribution in [1.29, 1.82) is 5.41 Å². The molecule has 1 amide bonds. The number of piperidine rings is 1. The van der Waals surface area contributed by atoms with E-state index in [1.54, 1.807) is 32.3 Å². The lowest BCUT2D eigenvalue weighted by molar-refractivity contribution is 0.0728. The van der Waals surface area contributed by atoms with Crippen molar-refractivity contribution in [3.05, 3.63) is 85.9 Å². The smallest absolute Gasteiger partial charge is 0.256 e. The van der Waals surface area contributed by atoms with E-state index in [0.29, 0.717) is 65.2 Å². The average Bonchev–Trinajstić information content (AvgIpc) is 3.51. The van der Waals surface area contributed by atoms with Crippen LogP contribution in [-0.2, 0) is 28.4 Å². The molecule has 1 atom stereocenters. The van der Waals surface area contributed by atoms with Gasteiger partial charge in [-0.25, -0.2) is 17.5 Å². The number of sulfonamides is 1. The van der Waals surface area contributed by atoms with E-state index in [0.717, 1.165) is 17.9 Å². The van der Waals surface area contributed by atoms with Gasteiger partial charge in [-0.15, -0.1) is 5.10 Å². The summed E-state index contributed by atoms with van der Waals surface area (Å²) in [4.78, 5) is 15.2. The summed E-state index contributed by atoms with van der Waals surface area (Å²) in [5.41, 5.74) is 3.58. The van der Waals surface area contributed by atoms with Crippen molar-refractivity contribution in [2.24, 2.45) is 0 Å². The van der Waals surface area contributed by atoms with Crippen LogP contribution < -0.4 is 10.0 Å². The van der Waals surface area contributed by atoms with Crippen LogP contribution in [0.5, 0.6) is 0 Å². The highest BCUT2D eigenvalue weighted by Gasteiger charge is 2.47. The molecule has 0 unspecified atom stereocenters. The summed E-state index contributed by atoms with van der Waals surface area (Å²) in [6, 6.07) is 7.24. The van der Waals surface area contributed by atoms with Gasteiger partial charge in [-0.1, -0.05) is 28.4 Å². The summed E-state index contributed by atoms with van der Waals surface area (Å²) in [5.74, 6) is -1.03. The van der Waals surface area contributed by atoms with Gasteiger partial charge in [-0.05, 0) is 86.1 Å². The second kappa shape index (κ2) is 12.0. The molecule has 1 aliphatic carbocycles. The second-order valence-corrected chi connectivity index (χ2v) is 13.6. The fourth-order valence-electron chi connectivity index (χ4n) is 5.66. The highest BCUT2D eigenvalue weighted by molar-refractivity contribution is 7.88. The Bertz CT molecular complexity index is 1720. The molecule has 1 saturated heterocycles. The zero-order valence-corrected chi connectivity index (χ0v) is 26.2. The number of likely N-dealkylation sites (tertiary alicyclic amines) is 1. The number of hydrogen-bond donors (Lipinski definition) is 4. The van der Waals surface area contributed by atoms with Gasteiger partial charge in [0.15, 0.2) is 0 Å². The predicted octanol–water partition coefficient (Wildman–Crippen LogP) is 4.46. The molecule has 43 heavy (non-hydrogen) atoms. The van der Waals surface area contributed by atoms with Crippen molar-refractivity contribution in [2.75, 3.05) is 19.8 Å². The van der Waals surface area contributed by atoms with Crippen molar-refractivity contribution in [3.8, 4) is 0 Å². The number of aryl methyl sites for hydroxylation is 2. The second-order valence-electron chi connectivity index (χ2n) is 11.0. The zero-order chi connectivity index (χ0) is 31.1. The van der Waals surface area contributed by atoms with Crippen LogP contribution in [0.4, 0.5) is 4.39 Å². The minimum Gasteiger partial charge on any atom is -0.387 e. The minimum atomic E-state index is -3.45. The molecule has 1 aliphatic heterocycles. The standard InChI is InChI=1S/C29H32Cl2FN7O3S/c1-16-26(33)23(27(34-2)18-10-19(13-20(30)11-18)29(7-8-29)37-43(3,41)42)6-9-39(16)28(40)24-14-21(32)12-17(25(24)31)4-5-22-15-35-38-36-22/h10-16,33-34,37H,4-9H2,1-3H3,(H,35,36,38)/b27-23-,33-26?/t16-/m0/s1. The number of nitrogens with zero attached hydrogens (tertiary/aromatic N) is 3. The molecule has 2 fully saturated rings. The molecule has 1 saturated carbocycles. The van der Waals surface area contributed by atoms with E-state index in [2.05, 4.69) is 25.4 Å². The third kappa shape index (κ3) is 6.62. The maximum Gasteiger partial charge on any atom is 0.256 e. The fraction of sp³-hybridized carbons (Fsp3) is 0.379. The Morgan fingerprint density at radius 2 is 1.95 bits per heavy atom. The normalized spacial score (nSPS) is 19.3. The number of H-pyrrole nitrogens is 1. The maximum absolute atomic E-state index is 14.7. The number of aromatic amines is 1. The number of halogens is 3. The summed E-state index contributed by atoms with van der Waals surface area (Å²) in [7, 11) is -1.70. The first-order chi connectivity index (χ1) is 20.3. The van der Waals surface area contributed by atoms with Crippen molar-refractivity contribution in [2.45, 2.75) is 50.6 Å². The molecule has 2 aromatic carbocycles. The van der Waals surface area contributed by atoms with Crippen molar-refractivity contribution in [1.82, 2.24) is 30.3 Å². The van der Waals surface area contributed by atoms with E-state index in [1.807, 2.05) is 6.07 Å². The lowest BCUT2D eigenvalue weighted by atomic mass is 9.89. The molecule has 2 aliphatic rings. The molecule has 0 bridgehead atoms. The molecular weight excluding hydrogens is 616 g/mol. The average molecular weight is 649 g/mol. The van der Waals surface area contributed by atoms with E-state index in [9.17, 15) is 17.6 Å². The van der Waals surface area contributed by atoms with Crippen LogP contribution >= 0.6 is 23.2 Å². The Labute approximate surface area is 259 Å². The molecular formula is C29H32Cl2FN7O3S. The first kappa shape index (κ1) is 31.1. The van der Waals surface area contributed by atoms with Gasteiger partial charge in [0.1, 0.15) is 5.82 Å². The Balaban J connectivity index is 1.41. The summed E-state index contributed by atoms with van der Waals surface area (Å²) < 4.78 is 41.4. The molecule has 2 heterocycles. The van der Waals surface area contributed by atoms with Crippen LogP contribution in [-0.4, -0.2) is 66.2 Å². The summed E-state index contributed by atoms with van der Waals surface area (Å²) in [6.45, 7) is 2.03. The topological polar surface area (TPSA) is 144 Å². The van der Waals surface area contributed by atoms with Gasteiger partial charge in [-0.3, -0.25) is 9.89 Å². The Kier molecular flexibility index (Phi) is 8.68. The van der Waals surface area contributed by atoms with Gasteiger partial charge in [0.25, 0.3) is 5.91 Å². The number of hydrogen-bond acceptors (Lipinski definition) is 7. The molecule has 0 radical (unpaired) electrons. The number of aromatic nitrogens is 3. The summed E-state index contributed by atoms with van der Waals surface area (Å²) in [6.07, 6.45) is 5.27. The summed E-state index contributed by atoms with van der Waals surface area (Å²) in [5, 5.41) is 23.1. The fourth-order valence-corrected chi connectivity index (χ4v) is 7.21. The monoisotopic (exact) mass is 647 g/mol. The SMILES string of the molecule is CN/C(=C1/CCN(C(=O)c2cc(F)cc(CCc3c[nH]nn3)c2Cl)[C@@H](C)C1=N)c1cc(Cl)cc(C2(NS(C)(=O)=O)CC2)c1. The van der Waals surface area contributed by atoms with Crippen LogP contribution in [0.15, 0.2) is 42.1 Å². The molecule has 14 heteroatoms. The van der Waals surface area contributed by atoms with Crippen LogP contribution in [0.1, 0.15) is 58.9 Å². The number of rotatable bonds is 9. The lowest BCUT2D eigenvalue weighted by Gasteiger charge is -2.37. The van der Waals surface area contributed by atoms with Gasteiger partial charge < -0.3 is 15.6 Å². The van der Waals surface area contributed by atoms with Gasteiger partial charge in [0.05, 0.1) is 39.8 Å². The first-order valence-corrected chi connectivity index (χ1v) is 16.4. The molecule has 10 nitrogen and oxygen atoms in total. The summed E-state index contributed by atoms with van der Waals surface area (Å²) >= 11 is 13.1. The van der Waals surface area contributed by atoms with E-state index in [4.69, 9.17) is 28.6 Å². The third-order valence-corrected chi connectivity index (χ3v) is 9.38. The number of carbonyl (C=O) groups excluding carboxylic acids is 1. The van der Waals surface area contributed by atoms with Crippen LogP contribution in [0, 0.1) is 11.2 Å². The first-order valence-electron chi connectivity index (χ1n) is 13.8. The highest BCUT2D eigenvalue weighted by Crippen LogP contribution is 2.47. The van der Waals surface area contributed by atoms with Gasteiger partial charge >= 0.3 is 0 Å². The Morgan fingerprint density at radius 1 is 1.21 bits per heavy atom. The predicted molar refractivity (Wildman–Crippen MR) is 164 cm³/mol. The molecule has 0 spiro atoms.